The molecule has 1 aromatic rings. The summed E-state index contributed by atoms with van der Waals surface area (Å²) >= 11 is 0. The molecule has 0 aliphatic carbocycles. The van der Waals surface area contributed by atoms with E-state index in [0.29, 0.717) is 5.69 Å². The highest BCUT2D eigenvalue weighted by Gasteiger charge is 2.12. The van der Waals surface area contributed by atoms with Crippen LogP contribution in [0.5, 0.6) is 0 Å². The van der Waals surface area contributed by atoms with Gasteiger partial charge >= 0.3 is 5.97 Å². The number of rotatable bonds is 8. The minimum atomic E-state index is -0.892. The number of imidazole rings is 1. The second-order valence-corrected chi connectivity index (χ2v) is 4.42. The van der Waals surface area contributed by atoms with Crippen molar-refractivity contribution < 1.29 is 9.90 Å². The van der Waals surface area contributed by atoms with Crippen molar-refractivity contribution in [2.45, 2.75) is 58.9 Å². The fraction of sp³-hybridized carbons (Fsp3) is 0.692. The lowest BCUT2D eigenvalue weighted by atomic mass is 10.1. The molecule has 0 fully saturated rings. The van der Waals surface area contributed by atoms with Crippen molar-refractivity contribution in [3.8, 4) is 0 Å². The van der Waals surface area contributed by atoms with Crippen molar-refractivity contribution in [3.63, 3.8) is 0 Å². The van der Waals surface area contributed by atoms with Crippen molar-refractivity contribution >= 4 is 5.97 Å². The molecule has 0 saturated heterocycles. The van der Waals surface area contributed by atoms with Crippen LogP contribution in [0.25, 0.3) is 0 Å². The monoisotopic (exact) mass is 238 g/mol. The van der Waals surface area contributed by atoms with Crippen LogP contribution in [-0.2, 0) is 6.54 Å². The first-order chi connectivity index (χ1) is 8.16. The number of aromatic nitrogens is 2. The van der Waals surface area contributed by atoms with E-state index in [2.05, 4.69) is 11.9 Å². The van der Waals surface area contributed by atoms with Gasteiger partial charge < -0.3 is 9.67 Å². The van der Waals surface area contributed by atoms with Crippen molar-refractivity contribution in [2.24, 2.45) is 0 Å². The van der Waals surface area contributed by atoms with Gasteiger partial charge in [0.25, 0.3) is 0 Å². The molecule has 1 heterocycles. The first-order valence-electron chi connectivity index (χ1n) is 6.42. The third-order valence-electron chi connectivity index (χ3n) is 3.01. The molecule has 0 spiro atoms. The van der Waals surface area contributed by atoms with Crippen molar-refractivity contribution in [1.29, 1.82) is 0 Å². The van der Waals surface area contributed by atoms with Gasteiger partial charge in [0, 0.05) is 6.54 Å². The lowest BCUT2D eigenvalue weighted by Gasteiger charge is -2.07. The number of hydrogen-bond donors (Lipinski definition) is 1. The van der Waals surface area contributed by atoms with Crippen molar-refractivity contribution in [3.05, 3.63) is 17.7 Å². The molecular formula is C13H22N2O2. The van der Waals surface area contributed by atoms with Crippen LogP contribution in [0.4, 0.5) is 0 Å². The number of nitrogens with zero attached hydrogens (tertiary/aromatic N) is 2. The van der Waals surface area contributed by atoms with E-state index in [9.17, 15) is 4.79 Å². The summed E-state index contributed by atoms with van der Waals surface area (Å²) in [4.78, 5) is 15.0. The lowest BCUT2D eigenvalue weighted by molar-refractivity contribution is 0.0684. The third kappa shape index (κ3) is 4.21. The molecular weight excluding hydrogens is 216 g/mol. The van der Waals surface area contributed by atoms with Crippen LogP contribution in [0.2, 0.25) is 0 Å². The molecule has 0 aliphatic rings. The number of aromatic carboxylic acids is 1. The van der Waals surface area contributed by atoms with E-state index >= 15 is 0 Å². The number of unbranched alkanes of at least 4 members (excludes halogenated alkanes) is 5. The Labute approximate surface area is 103 Å². The van der Waals surface area contributed by atoms with Gasteiger partial charge in [-0.25, -0.2) is 9.78 Å². The number of aryl methyl sites for hydroxylation is 1. The Balaban J connectivity index is 2.36. The SMILES string of the molecule is CCCCCCCCn1c(C(=O)O)cnc1C. The normalized spacial score (nSPS) is 10.7. The highest BCUT2D eigenvalue weighted by atomic mass is 16.4. The average molecular weight is 238 g/mol. The van der Waals surface area contributed by atoms with Crippen LogP contribution >= 0.6 is 0 Å². The summed E-state index contributed by atoms with van der Waals surface area (Å²) in [6, 6.07) is 0. The summed E-state index contributed by atoms with van der Waals surface area (Å²) in [6.07, 6.45) is 8.70. The van der Waals surface area contributed by atoms with E-state index in [-0.39, 0.29) is 0 Å². The van der Waals surface area contributed by atoms with Gasteiger partial charge in [0.2, 0.25) is 0 Å². The summed E-state index contributed by atoms with van der Waals surface area (Å²) in [5.41, 5.74) is 0.302. The fourth-order valence-corrected chi connectivity index (χ4v) is 1.97. The first-order valence-corrected chi connectivity index (χ1v) is 6.42. The molecule has 0 atom stereocenters. The second kappa shape index (κ2) is 7.09. The van der Waals surface area contributed by atoms with Crippen LogP contribution in [0.3, 0.4) is 0 Å². The second-order valence-electron chi connectivity index (χ2n) is 4.42. The van der Waals surface area contributed by atoms with Crippen LogP contribution in [0.1, 0.15) is 61.8 Å². The maximum atomic E-state index is 10.9. The summed E-state index contributed by atoms with van der Waals surface area (Å²) in [7, 11) is 0. The quantitative estimate of drug-likeness (QED) is 0.707. The Morgan fingerprint density at radius 1 is 1.29 bits per heavy atom. The Hall–Kier alpha value is -1.32. The molecule has 4 heteroatoms. The van der Waals surface area contributed by atoms with Crippen molar-refractivity contribution in [1.82, 2.24) is 9.55 Å². The van der Waals surface area contributed by atoms with E-state index < -0.39 is 5.97 Å². The van der Waals surface area contributed by atoms with Gasteiger partial charge in [-0.1, -0.05) is 39.0 Å². The zero-order valence-corrected chi connectivity index (χ0v) is 10.8. The van der Waals surface area contributed by atoms with E-state index in [1.165, 1.54) is 31.9 Å². The van der Waals surface area contributed by atoms with Crippen molar-refractivity contribution in [2.75, 3.05) is 0 Å². The van der Waals surface area contributed by atoms with Gasteiger partial charge in [-0.15, -0.1) is 0 Å². The van der Waals surface area contributed by atoms with E-state index in [1.54, 1.807) is 4.57 Å². The Kier molecular flexibility index (Phi) is 5.73. The molecule has 4 nitrogen and oxygen atoms in total. The summed E-state index contributed by atoms with van der Waals surface area (Å²) in [5.74, 6) is -0.104. The minimum absolute atomic E-state index is 0.302. The largest absolute Gasteiger partial charge is 0.477 e. The molecule has 96 valence electrons. The minimum Gasteiger partial charge on any atom is -0.477 e. The molecule has 0 saturated carbocycles. The lowest BCUT2D eigenvalue weighted by Crippen LogP contribution is -2.10. The van der Waals surface area contributed by atoms with Gasteiger partial charge in [-0.3, -0.25) is 0 Å². The van der Waals surface area contributed by atoms with E-state index in [4.69, 9.17) is 5.11 Å². The van der Waals surface area contributed by atoms with Crippen LogP contribution in [0.15, 0.2) is 6.20 Å². The summed E-state index contributed by atoms with van der Waals surface area (Å²) < 4.78 is 1.79. The first kappa shape index (κ1) is 13.7. The number of carboxylic acid groups (broad SMARTS) is 1. The van der Waals surface area contributed by atoms with Gasteiger partial charge in [-0.05, 0) is 13.3 Å². The van der Waals surface area contributed by atoms with Gasteiger partial charge in [0.15, 0.2) is 0 Å². The third-order valence-corrected chi connectivity index (χ3v) is 3.01. The summed E-state index contributed by atoms with van der Waals surface area (Å²) in [6.45, 7) is 4.82. The number of carboxylic acids is 1. The zero-order chi connectivity index (χ0) is 12.7. The van der Waals surface area contributed by atoms with E-state index in [0.717, 1.165) is 25.2 Å². The average Bonchev–Trinajstić information content (AvgIpc) is 2.65. The zero-order valence-electron chi connectivity index (χ0n) is 10.8. The molecule has 17 heavy (non-hydrogen) atoms. The Bertz CT molecular complexity index is 358. The maximum absolute atomic E-state index is 10.9. The molecule has 1 aromatic heterocycles. The molecule has 0 aliphatic heterocycles. The topological polar surface area (TPSA) is 55.1 Å². The standard InChI is InChI=1S/C13H22N2O2/c1-3-4-5-6-7-8-9-15-11(2)14-10-12(15)13(16)17/h10H,3-9H2,1-2H3,(H,16,17). The number of carbonyl (C=O) groups is 1. The maximum Gasteiger partial charge on any atom is 0.354 e. The van der Waals surface area contributed by atoms with Gasteiger partial charge in [0.05, 0.1) is 6.20 Å². The fourth-order valence-electron chi connectivity index (χ4n) is 1.97. The molecule has 1 N–H and O–H groups in total. The highest BCUT2D eigenvalue weighted by Crippen LogP contribution is 2.10. The molecule has 0 unspecified atom stereocenters. The van der Waals surface area contributed by atoms with E-state index in [1.807, 2.05) is 6.92 Å². The molecule has 0 amide bonds. The van der Waals surface area contributed by atoms with Crippen LogP contribution in [-0.4, -0.2) is 20.6 Å². The predicted molar refractivity (Wildman–Crippen MR) is 67.3 cm³/mol. The molecule has 0 radical (unpaired) electrons. The molecule has 0 aromatic carbocycles. The van der Waals surface area contributed by atoms with Gasteiger partial charge in [-0.2, -0.15) is 0 Å². The number of hydrogen-bond acceptors (Lipinski definition) is 2. The van der Waals surface area contributed by atoms with Crippen LogP contribution in [0, 0.1) is 6.92 Å². The molecule has 1 rings (SSSR count). The molecule has 0 bridgehead atoms. The smallest absolute Gasteiger partial charge is 0.354 e. The van der Waals surface area contributed by atoms with Gasteiger partial charge in [0.1, 0.15) is 11.5 Å². The predicted octanol–water partition coefficient (Wildman–Crippen LogP) is 3.25. The highest BCUT2D eigenvalue weighted by molar-refractivity contribution is 5.85. The Morgan fingerprint density at radius 3 is 2.59 bits per heavy atom. The Morgan fingerprint density at radius 2 is 1.94 bits per heavy atom. The summed E-state index contributed by atoms with van der Waals surface area (Å²) in [5, 5.41) is 8.99. The van der Waals surface area contributed by atoms with Crippen LogP contribution < -0.4 is 0 Å².